The van der Waals surface area contributed by atoms with Gasteiger partial charge in [-0.2, -0.15) is 0 Å². The molecule has 1 unspecified atom stereocenters. The number of hydrogen-bond acceptors (Lipinski definition) is 2. The molecule has 0 radical (unpaired) electrons. The maximum Gasteiger partial charge on any atom is 0.249 e. The first-order chi connectivity index (χ1) is 8.49. The van der Waals surface area contributed by atoms with E-state index in [1.807, 2.05) is 12.1 Å². The maximum absolute atomic E-state index is 12.2. The van der Waals surface area contributed by atoms with Crippen LogP contribution in [0, 0.1) is 3.57 Å². The molecule has 2 amide bonds. The first-order valence-corrected chi connectivity index (χ1v) is 7.00. The van der Waals surface area contributed by atoms with Gasteiger partial charge in [-0.25, -0.2) is 0 Å². The van der Waals surface area contributed by atoms with E-state index < -0.39 is 6.04 Å². The van der Waals surface area contributed by atoms with E-state index in [1.54, 1.807) is 17.9 Å². The normalized spacial score (nSPS) is 20.6. The lowest BCUT2D eigenvalue weighted by Gasteiger charge is -2.23. The smallest absolute Gasteiger partial charge is 0.249 e. The van der Waals surface area contributed by atoms with Crippen LogP contribution in [0.25, 0.3) is 0 Å². The molecule has 1 fully saturated rings. The monoisotopic (exact) mass is 378 g/mol. The van der Waals surface area contributed by atoms with E-state index in [9.17, 15) is 9.59 Å². The lowest BCUT2D eigenvalue weighted by Crippen LogP contribution is -2.42. The summed E-state index contributed by atoms with van der Waals surface area (Å²) in [5.74, 6) is -0.246. The van der Waals surface area contributed by atoms with Crippen molar-refractivity contribution < 1.29 is 9.59 Å². The summed E-state index contributed by atoms with van der Waals surface area (Å²) in [7, 11) is 0. The van der Waals surface area contributed by atoms with E-state index in [1.165, 1.54) is 0 Å². The molecule has 1 N–H and O–H groups in total. The number of nitrogens with one attached hydrogen (secondary N) is 1. The number of halogens is 2. The molecule has 1 heterocycles. The van der Waals surface area contributed by atoms with Crippen LogP contribution >= 0.6 is 34.2 Å². The van der Waals surface area contributed by atoms with Crippen LogP contribution in [0.4, 0.5) is 5.69 Å². The van der Waals surface area contributed by atoms with E-state index >= 15 is 0 Å². The Morgan fingerprint density at radius 2 is 2.17 bits per heavy atom. The van der Waals surface area contributed by atoms with Gasteiger partial charge in [-0.05, 0) is 47.7 Å². The highest BCUT2D eigenvalue weighted by Crippen LogP contribution is 2.29. The topological polar surface area (TPSA) is 49.4 Å². The number of carbonyl (C=O) groups excluding carboxylic acids is 2. The van der Waals surface area contributed by atoms with Crippen molar-refractivity contribution in [1.82, 2.24) is 5.32 Å². The largest absolute Gasteiger partial charge is 0.345 e. The second-order valence-corrected chi connectivity index (χ2v) is 5.78. The van der Waals surface area contributed by atoms with Gasteiger partial charge in [0.2, 0.25) is 11.8 Å². The average molecular weight is 379 g/mol. The third-order valence-electron chi connectivity index (χ3n) is 2.78. The van der Waals surface area contributed by atoms with Gasteiger partial charge in [0.15, 0.2) is 0 Å². The van der Waals surface area contributed by atoms with E-state index in [-0.39, 0.29) is 18.2 Å². The Hall–Kier alpha value is -0.820. The van der Waals surface area contributed by atoms with Crippen LogP contribution in [-0.2, 0) is 9.59 Å². The molecule has 1 aliphatic rings. The molecular formula is C12H12ClIN2O2. The van der Waals surface area contributed by atoms with Crippen LogP contribution in [0.2, 0.25) is 5.02 Å². The highest BCUT2D eigenvalue weighted by molar-refractivity contribution is 14.1. The molecule has 6 heteroatoms. The van der Waals surface area contributed by atoms with Crippen LogP contribution in [0.3, 0.4) is 0 Å². The van der Waals surface area contributed by atoms with Gasteiger partial charge >= 0.3 is 0 Å². The van der Waals surface area contributed by atoms with Crippen molar-refractivity contribution in [3.63, 3.8) is 0 Å². The van der Waals surface area contributed by atoms with Gasteiger partial charge in [-0.3, -0.25) is 9.59 Å². The molecule has 1 saturated heterocycles. The molecule has 1 atom stereocenters. The zero-order valence-corrected chi connectivity index (χ0v) is 12.7. The third kappa shape index (κ3) is 2.77. The van der Waals surface area contributed by atoms with E-state index in [4.69, 9.17) is 11.6 Å². The van der Waals surface area contributed by atoms with Crippen molar-refractivity contribution in [1.29, 1.82) is 0 Å². The zero-order chi connectivity index (χ0) is 13.3. The molecule has 1 aromatic rings. The van der Waals surface area contributed by atoms with Crippen LogP contribution in [0.5, 0.6) is 0 Å². The first-order valence-electron chi connectivity index (χ1n) is 5.55. The number of nitrogens with zero attached hydrogens (tertiary/aromatic N) is 1. The molecule has 4 nitrogen and oxygen atoms in total. The molecule has 2 rings (SSSR count). The highest BCUT2D eigenvalue weighted by atomic mass is 127. The lowest BCUT2D eigenvalue weighted by molar-refractivity contribution is -0.125. The number of anilines is 1. The second-order valence-electron chi connectivity index (χ2n) is 4.12. The van der Waals surface area contributed by atoms with Gasteiger partial charge in [-0.15, -0.1) is 0 Å². The number of rotatable bonds is 1. The lowest BCUT2D eigenvalue weighted by atomic mass is 10.2. The number of amides is 2. The Kier molecular flexibility index (Phi) is 4.11. The molecule has 18 heavy (non-hydrogen) atoms. The fourth-order valence-corrected chi connectivity index (χ4v) is 2.56. The summed E-state index contributed by atoms with van der Waals surface area (Å²) in [5.41, 5.74) is 0.664. The van der Waals surface area contributed by atoms with E-state index in [0.717, 1.165) is 3.57 Å². The fourth-order valence-electron chi connectivity index (χ4n) is 1.86. The van der Waals surface area contributed by atoms with Crippen molar-refractivity contribution >= 4 is 51.7 Å². The summed E-state index contributed by atoms with van der Waals surface area (Å²) in [6, 6.07) is 4.97. The average Bonchev–Trinajstić information content (AvgIpc) is 2.44. The fraction of sp³-hybridized carbons (Fsp3) is 0.333. The summed E-state index contributed by atoms with van der Waals surface area (Å²) < 4.78 is 0.996. The standard InChI is InChI=1S/C12H12ClIN2O2/c1-7-12(18)16(5-4-11(17)15-7)10-6-8(14)2-3-9(10)13/h2-3,6-7H,4-5H2,1H3,(H,15,17). The predicted molar refractivity (Wildman–Crippen MR) is 78.7 cm³/mol. The second kappa shape index (κ2) is 5.44. The van der Waals surface area contributed by atoms with Crippen molar-refractivity contribution in [3.05, 3.63) is 26.8 Å². The van der Waals surface area contributed by atoms with Crippen molar-refractivity contribution in [2.75, 3.05) is 11.4 Å². The molecule has 1 aromatic carbocycles. The Bertz CT molecular complexity index is 507. The van der Waals surface area contributed by atoms with Crippen LogP contribution in [-0.4, -0.2) is 24.4 Å². The number of carbonyl (C=O) groups is 2. The Morgan fingerprint density at radius 1 is 1.44 bits per heavy atom. The zero-order valence-electron chi connectivity index (χ0n) is 9.74. The molecule has 1 aliphatic heterocycles. The summed E-state index contributed by atoms with van der Waals surface area (Å²) >= 11 is 8.29. The summed E-state index contributed by atoms with van der Waals surface area (Å²) in [6.07, 6.45) is 0.290. The van der Waals surface area contributed by atoms with Gasteiger partial charge in [0, 0.05) is 16.5 Å². The van der Waals surface area contributed by atoms with Crippen LogP contribution < -0.4 is 10.2 Å². The molecule has 0 saturated carbocycles. The maximum atomic E-state index is 12.2. The van der Waals surface area contributed by atoms with E-state index in [2.05, 4.69) is 27.9 Å². The number of benzene rings is 1. The van der Waals surface area contributed by atoms with Gasteiger partial charge < -0.3 is 10.2 Å². The Morgan fingerprint density at radius 3 is 2.89 bits per heavy atom. The Balaban J connectivity index is 2.38. The van der Waals surface area contributed by atoms with Gasteiger partial charge in [0.05, 0.1) is 10.7 Å². The molecule has 0 spiro atoms. The van der Waals surface area contributed by atoms with Crippen LogP contribution in [0.15, 0.2) is 18.2 Å². The summed E-state index contributed by atoms with van der Waals surface area (Å²) in [6.45, 7) is 2.04. The van der Waals surface area contributed by atoms with Crippen molar-refractivity contribution in [2.24, 2.45) is 0 Å². The molecule has 0 bridgehead atoms. The molecular weight excluding hydrogens is 367 g/mol. The quantitative estimate of drug-likeness (QED) is 0.762. The SMILES string of the molecule is CC1NC(=O)CCN(c2cc(I)ccc2Cl)C1=O. The minimum Gasteiger partial charge on any atom is -0.345 e. The highest BCUT2D eigenvalue weighted by Gasteiger charge is 2.28. The first kappa shape index (κ1) is 13.6. The van der Waals surface area contributed by atoms with Crippen molar-refractivity contribution in [3.8, 4) is 0 Å². The van der Waals surface area contributed by atoms with Gasteiger partial charge in [0.25, 0.3) is 0 Å². The van der Waals surface area contributed by atoms with Crippen LogP contribution in [0.1, 0.15) is 13.3 Å². The summed E-state index contributed by atoms with van der Waals surface area (Å²) in [4.78, 5) is 25.2. The van der Waals surface area contributed by atoms with Gasteiger partial charge in [0.1, 0.15) is 6.04 Å². The van der Waals surface area contributed by atoms with E-state index in [0.29, 0.717) is 17.3 Å². The third-order valence-corrected chi connectivity index (χ3v) is 3.77. The molecule has 0 aromatic heterocycles. The van der Waals surface area contributed by atoms with Crippen molar-refractivity contribution in [2.45, 2.75) is 19.4 Å². The Labute approximate surface area is 124 Å². The summed E-state index contributed by atoms with van der Waals surface area (Å²) in [5, 5.41) is 3.17. The number of hydrogen-bond donors (Lipinski definition) is 1. The minimum absolute atomic E-state index is 0.111. The molecule has 0 aliphatic carbocycles. The van der Waals surface area contributed by atoms with Gasteiger partial charge in [-0.1, -0.05) is 11.6 Å². The molecule has 96 valence electrons. The minimum atomic E-state index is -0.520. The predicted octanol–water partition coefficient (Wildman–Crippen LogP) is 2.19.